The number of pyridine rings is 1. The molecule has 0 saturated carbocycles. The first-order valence-corrected chi connectivity index (χ1v) is 5.36. The highest BCUT2D eigenvalue weighted by atomic mass is 79.9. The summed E-state index contributed by atoms with van der Waals surface area (Å²) in [6, 6.07) is 1.92. The Morgan fingerprint density at radius 1 is 1.67 bits per heavy atom. The van der Waals surface area contributed by atoms with Crippen LogP contribution in [0.4, 0.5) is 0 Å². The van der Waals surface area contributed by atoms with E-state index in [1.807, 2.05) is 13.0 Å². The van der Waals surface area contributed by atoms with E-state index in [0.717, 1.165) is 21.1 Å². The predicted molar refractivity (Wildman–Crippen MR) is 62.2 cm³/mol. The second kappa shape index (κ2) is 4.02. The largest absolute Gasteiger partial charge is 0.478 e. The van der Waals surface area contributed by atoms with Crippen molar-refractivity contribution >= 4 is 32.9 Å². The Morgan fingerprint density at radius 3 is 3.20 bits per heavy atom. The second-order valence-corrected chi connectivity index (χ2v) is 3.93. The molecule has 0 bridgehead atoms. The van der Waals surface area contributed by atoms with Gasteiger partial charge in [0.25, 0.3) is 0 Å². The Hall–Kier alpha value is -1.36. The molecule has 0 aliphatic heterocycles. The fourth-order valence-electron chi connectivity index (χ4n) is 1.39. The molecule has 4 nitrogen and oxygen atoms in total. The van der Waals surface area contributed by atoms with Crippen molar-refractivity contribution in [2.75, 3.05) is 6.61 Å². The second-order valence-electron chi connectivity index (χ2n) is 3.01. The summed E-state index contributed by atoms with van der Waals surface area (Å²) >= 11 is 3.35. The van der Waals surface area contributed by atoms with Crippen molar-refractivity contribution in [3.63, 3.8) is 0 Å². The molecule has 0 saturated heterocycles. The van der Waals surface area contributed by atoms with Gasteiger partial charge in [-0.05, 0) is 28.9 Å². The summed E-state index contributed by atoms with van der Waals surface area (Å²) in [5, 5.41) is 8.61. The van der Waals surface area contributed by atoms with Crippen molar-refractivity contribution in [2.24, 2.45) is 0 Å². The van der Waals surface area contributed by atoms with E-state index >= 15 is 0 Å². The minimum atomic E-state index is 0.170. The molecule has 0 fully saturated rings. The average molecular weight is 268 g/mol. The zero-order chi connectivity index (χ0) is 10.8. The molecule has 2 rings (SSSR count). The summed E-state index contributed by atoms with van der Waals surface area (Å²) in [4.78, 5) is 7.19. The third kappa shape index (κ3) is 1.87. The van der Waals surface area contributed by atoms with Gasteiger partial charge in [-0.1, -0.05) is 0 Å². The number of aromatic amines is 1. The number of nitrogens with one attached hydrogen (secondary N) is 2. The number of hydrogen-bond acceptors (Lipinski definition) is 3. The van der Waals surface area contributed by atoms with Gasteiger partial charge in [0.15, 0.2) is 0 Å². The maximum atomic E-state index is 7.71. The molecule has 0 aliphatic carbocycles. The van der Waals surface area contributed by atoms with Crippen molar-refractivity contribution in [1.82, 2.24) is 9.97 Å². The fraction of sp³-hybridized carbons (Fsp3) is 0.200. The standard InChI is InChI=1S/C10H10BrN3O/c1-2-15-9(12)8-5-14-10-7(8)3-6(11)4-13-10/h3-5,12H,2H2,1H3,(H,13,14). The lowest BCUT2D eigenvalue weighted by molar-refractivity contribution is 0.326. The summed E-state index contributed by atoms with van der Waals surface area (Å²) < 4.78 is 6.04. The molecule has 15 heavy (non-hydrogen) atoms. The molecule has 0 spiro atoms. The van der Waals surface area contributed by atoms with Crippen LogP contribution in [0, 0.1) is 5.41 Å². The van der Waals surface area contributed by atoms with Crippen molar-refractivity contribution in [1.29, 1.82) is 5.41 Å². The zero-order valence-electron chi connectivity index (χ0n) is 8.17. The van der Waals surface area contributed by atoms with Crippen LogP contribution in [-0.4, -0.2) is 22.5 Å². The molecule has 0 unspecified atom stereocenters. The summed E-state index contributed by atoms with van der Waals surface area (Å²) in [5.74, 6) is 0.170. The first-order valence-electron chi connectivity index (χ1n) is 4.56. The smallest absolute Gasteiger partial charge is 0.215 e. The molecular formula is C10H10BrN3O. The minimum Gasteiger partial charge on any atom is -0.478 e. The maximum Gasteiger partial charge on any atom is 0.215 e. The number of aromatic nitrogens is 2. The lowest BCUT2D eigenvalue weighted by atomic mass is 10.2. The molecule has 0 atom stereocenters. The molecule has 0 aliphatic rings. The van der Waals surface area contributed by atoms with Crippen molar-refractivity contribution in [3.8, 4) is 0 Å². The van der Waals surface area contributed by atoms with Gasteiger partial charge in [0.05, 0.1) is 12.2 Å². The van der Waals surface area contributed by atoms with E-state index in [1.165, 1.54) is 0 Å². The Balaban J connectivity index is 2.52. The summed E-state index contributed by atoms with van der Waals surface area (Å²) in [7, 11) is 0. The van der Waals surface area contributed by atoms with E-state index in [1.54, 1.807) is 12.4 Å². The summed E-state index contributed by atoms with van der Waals surface area (Å²) in [6.45, 7) is 2.35. The van der Waals surface area contributed by atoms with E-state index < -0.39 is 0 Å². The van der Waals surface area contributed by atoms with Gasteiger partial charge >= 0.3 is 0 Å². The first kappa shape index (κ1) is 10.2. The zero-order valence-corrected chi connectivity index (χ0v) is 9.76. The molecule has 0 aromatic carbocycles. The highest BCUT2D eigenvalue weighted by Gasteiger charge is 2.10. The number of rotatable bonds is 2. The predicted octanol–water partition coefficient (Wildman–Crippen LogP) is 2.69. The number of ether oxygens (including phenoxy) is 1. The third-order valence-electron chi connectivity index (χ3n) is 2.03. The normalized spacial score (nSPS) is 10.5. The van der Waals surface area contributed by atoms with Crippen molar-refractivity contribution in [3.05, 3.63) is 28.5 Å². The maximum absolute atomic E-state index is 7.71. The molecule has 78 valence electrons. The van der Waals surface area contributed by atoms with Gasteiger partial charge in [-0.25, -0.2) is 4.98 Å². The Bertz CT molecular complexity index is 506. The van der Waals surface area contributed by atoms with Crippen LogP contribution in [0.25, 0.3) is 11.0 Å². The van der Waals surface area contributed by atoms with Crippen LogP contribution in [0.15, 0.2) is 22.9 Å². The molecule has 0 radical (unpaired) electrons. The molecule has 2 N–H and O–H groups in total. The molecule has 0 amide bonds. The van der Waals surface area contributed by atoms with Crippen molar-refractivity contribution in [2.45, 2.75) is 6.92 Å². The number of halogens is 1. The van der Waals surface area contributed by atoms with Gasteiger partial charge in [-0.3, -0.25) is 5.41 Å². The van der Waals surface area contributed by atoms with Gasteiger partial charge in [0.1, 0.15) is 5.65 Å². The van der Waals surface area contributed by atoms with Crippen molar-refractivity contribution < 1.29 is 4.74 Å². The number of hydrogen-bond donors (Lipinski definition) is 2. The Morgan fingerprint density at radius 2 is 2.47 bits per heavy atom. The van der Waals surface area contributed by atoms with Gasteiger partial charge in [0, 0.05) is 22.3 Å². The van der Waals surface area contributed by atoms with E-state index in [4.69, 9.17) is 10.1 Å². The molecular weight excluding hydrogens is 258 g/mol. The molecule has 2 aromatic rings. The van der Waals surface area contributed by atoms with Crippen LogP contribution in [0.2, 0.25) is 0 Å². The average Bonchev–Trinajstić information content (AvgIpc) is 2.60. The molecule has 2 heterocycles. The SMILES string of the molecule is CCOC(=N)c1c[nH]c2ncc(Br)cc12. The lowest BCUT2D eigenvalue weighted by Gasteiger charge is -2.02. The number of fused-ring (bicyclic) bond motifs is 1. The number of H-pyrrole nitrogens is 1. The van der Waals surface area contributed by atoms with E-state index in [2.05, 4.69) is 25.9 Å². The van der Waals surface area contributed by atoms with E-state index in [9.17, 15) is 0 Å². The summed E-state index contributed by atoms with van der Waals surface area (Å²) in [6.07, 6.45) is 3.45. The third-order valence-corrected chi connectivity index (χ3v) is 2.46. The van der Waals surface area contributed by atoms with E-state index in [0.29, 0.717) is 6.61 Å². The van der Waals surface area contributed by atoms with Crippen LogP contribution in [0.3, 0.4) is 0 Å². The molecule has 2 aromatic heterocycles. The first-order chi connectivity index (χ1) is 7.22. The monoisotopic (exact) mass is 267 g/mol. The quantitative estimate of drug-likeness (QED) is 0.649. The highest BCUT2D eigenvalue weighted by Crippen LogP contribution is 2.21. The molecule has 5 heteroatoms. The van der Waals surface area contributed by atoms with Gasteiger partial charge < -0.3 is 9.72 Å². The minimum absolute atomic E-state index is 0.170. The Kier molecular flexibility index (Phi) is 2.73. The van der Waals surface area contributed by atoms with Crippen LogP contribution < -0.4 is 0 Å². The van der Waals surface area contributed by atoms with Crippen LogP contribution >= 0.6 is 15.9 Å². The van der Waals surface area contributed by atoms with Gasteiger partial charge in [-0.15, -0.1) is 0 Å². The van der Waals surface area contributed by atoms with Gasteiger partial charge in [-0.2, -0.15) is 0 Å². The van der Waals surface area contributed by atoms with E-state index in [-0.39, 0.29) is 5.90 Å². The highest BCUT2D eigenvalue weighted by molar-refractivity contribution is 9.10. The topological polar surface area (TPSA) is 61.8 Å². The van der Waals surface area contributed by atoms with Crippen LogP contribution in [0.1, 0.15) is 12.5 Å². The van der Waals surface area contributed by atoms with Gasteiger partial charge in [0.2, 0.25) is 5.90 Å². The summed E-state index contributed by atoms with van der Waals surface area (Å²) in [5.41, 5.74) is 1.50. The number of nitrogens with zero attached hydrogens (tertiary/aromatic N) is 1. The lowest BCUT2D eigenvalue weighted by Crippen LogP contribution is -2.03. The Labute approximate surface area is 95.3 Å². The fourth-order valence-corrected chi connectivity index (χ4v) is 1.72. The van der Waals surface area contributed by atoms with Crippen LogP contribution in [0.5, 0.6) is 0 Å². The van der Waals surface area contributed by atoms with Crippen LogP contribution in [-0.2, 0) is 4.74 Å².